The molecule has 2 N–H and O–H groups in total. The number of benzene rings is 2. The van der Waals surface area contributed by atoms with Crippen LogP contribution in [-0.4, -0.2) is 29.0 Å². The summed E-state index contributed by atoms with van der Waals surface area (Å²) in [6.45, 7) is 6.13. The molecule has 1 amide bonds. The van der Waals surface area contributed by atoms with Crippen molar-refractivity contribution in [3.05, 3.63) is 72.1 Å². The van der Waals surface area contributed by atoms with Crippen molar-refractivity contribution in [2.24, 2.45) is 0 Å². The van der Waals surface area contributed by atoms with Crippen LogP contribution in [0.15, 0.2) is 60.8 Å². The van der Waals surface area contributed by atoms with Gasteiger partial charge in [0.1, 0.15) is 5.69 Å². The average Bonchev–Trinajstić information content (AvgIpc) is 2.76. The number of carbonyl (C=O) groups is 1. The van der Waals surface area contributed by atoms with E-state index in [2.05, 4.69) is 39.3 Å². The van der Waals surface area contributed by atoms with Gasteiger partial charge >= 0.3 is 0 Å². The first-order valence-corrected chi connectivity index (χ1v) is 9.39. The van der Waals surface area contributed by atoms with Crippen molar-refractivity contribution in [3.8, 4) is 6.07 Å². The first kappa shape index (κ1) is 19.8. The molecule has 7 nitrogen and oxygen atoms in total. The van der Waals surface area contributed by atoms with E-state index in [1.54, 1.807) is 24.3 Å². The lowest BCUT2D eigenvalue weighted by Crippen LogP contribution is -2.21. The molecule has 3 rings (SSSR count). The van der Waals surface area contributed by atoms with Crippen LogP contribution in [-0.2, 0) is 0 Å². The Balaban J connectivity index is 1.70. The Morgan fingerprint density at radius 2 is 1.83 bits per heavy atom. The van der Waals surface area contributed by atoms with E-state index in [0.29, 0.717) is 17.2 Å². The zero-order valence-corrected chi connectivity index (χ0v) is 16.4. The summed E-state index contributed by atoms with van der Waals surface area (Å²) in [5, 5.41) is 14.8. The Morgan fingerprint density at radius 3 is 2.52 bits per heavy atom. The van der Waals surface area contributed by atoms with Crippen molar-refractivity contribution in [2.75, 3.05) is 28.6 Å². The van der Waals surface area contributed by atoms with Gasteiger partial charge in [0.2, 0.25) is 5.95 Å². The number of hydrogen-bond acceptors (Lipinski definition) is 6. The van der Waals surface area contributed by atoms with E-state index in [0.717, 1.165) is 24.5 Å². The zero-order chi connectivity index (χ0) is 20.6. The molecule has 0 saturated heterocycles. The molecule has 2 aromatic carbocycles. The summed E-state index contributed by atoms with van der Waals surface area (Å²) in [5.74, 6) is -0.0403. The second kappa shape index (κ2) is 9.33. The van der Waals surface area contributed by atoms with Gasteiger partial charge in [-0.1, -0.05) is 6.07 Å². The number of hydrogen-bond donors (Lipinski definition) is 2. The molecule has 1 heterocycles. The highest BCUT2D eigenvalue weighted by Gasteiger charge is 2.10. The monoisotopic (exact) mass is 386 g/mol. The lowest BCUT2D eigenvalue weighted by Gasteiger charge is -2.21. The quantitative estimate of drug-likeness (QED) is 0.632. The molecular weight excluding hydrogens is 364 g/mol. The molecule has 0 radical (unpaired) electrons. The van der Waals surface area contributed by atoms with Gasteiger partial charge in [-0.2, -0.15) is 5.26 Å². The standard InChI is InChI=1S/C22H22N6O/c1-3-28(4-2)19-10-8-17(9-11-19)26-22-24-13-12-20(27-22)21(29)25-18-7-5-6-16(14-18)15-23/h5-14H,3-4H2,1-2H3,(H,25,29)(H,24,26,27). The molecule has 29 heavy (non-hydrogen) atoms. The van der Waals surface area contributed by atoms with Crippen LogP contribution in [0.25, 0.3) is 0 Å². The van der Waals surface area contributed by atoms with E-state index in [1.165, 1.54) is 12.3 Å². The predicted molar refractivity (Wildman–Crippen MR) is 114 cm³/mol. The van der Waals surface area contributed by atoms with Crippen molar-refractivity contribution >= 4 is 28.9 Å². The number of rotatable bonds is 7. The van der Waals surface area contributed by atoms with Crippen LogP contribution in [0.5, 0.6) is 0 Å². The molecule has 0 aliphatic carbocycles. The van der Waals surface area contributed by atoms with Crippen LogP contribution < -0.4 is 15.5 Å². The van der Waals surface area contributed by atoms with Crippen molar-refractivity contribution in [2.45, 2.75) is 13.8 Å². The molecule has 0 aliphatic rings. The highest BCUT2D eigenvalue weighted by Crippen LogP contribution is 2.20. The maximum Gasteiger partial charge on any atom is 0.274 e. The van der Waals surface area contributed by atoms with Crippen molar-refractivity contribution in [3.63, 3.8) is 0 Å². The fraction of sp³-hybridized carbons (Fsp3) is 0.182. The van der Waals surface area contributed by atoms with Crippen LogP contribution in [0.3, 0.4) is 0 Å². The fourth-order valence-corrected chi connectivity index (χ4v) is 2.88. The third-order valence-electron chi connectivity index (χ3n) is 4.39. The second-order valence-corrected chi connectivity index (χ2v) is 6.26. The van der Waals surface area contributed by atoms with Crippen LogP contribution in [0.2, 0.25) is 0 Å². The fourth-order valence-electron chi connectivity index (χ4n) is 2.88. The zero-order valence-electron chi connectivity index (χ0n) is 16.4. The van der Waals surface area contributed by atoms with Gasteiger partial charge in [-0.05, 0) is 62.4 Å². The molecule has 0 saturated carbocycles. The van der Waals surface area contributed by atoms with E-state index in [-0.39, 0.29) is 11.6 Å². The third-order valence-corrected chi connectivity index (χ3v) is 4.39. The first-order chi connectivity index (χ1) is 14.1. The average molecular weight is 386 g/mol. The minimum Gasteiger partial charge on any atom is -0.372 e. The highest BCUT2D eigenvalue weighted by atomic mass is 16.1. The minimum atomic E-state index is -0.373. The summed E-state index contributed by atoms with van der Waals surface area (Å²) in [6.07, 6.45) is 1.53. The van der Waals surface area contributed by atoms with Crippen molar-refractivity contribution < 1.29 is 4.79 Å². The topological polar surface area (TPSA) is 93.9 Å². The molecule has 0 unspecified atom stereocenters. The number of carbonyl (C=O) groups excluding carboxylic acids is 1. The Morgan fingerprint density at radius 1 is 1.07 bits per heavy atom. The van der Waals surface area contributed by atoms with Crippen LogP contribution in [0.1, 0.15) is 29.9 Å². The molecule has 0 spiro atoms. The first-order valence-electron chi connectivity index (χ1n) is 9.39. The smallest absolute Gasteiger partial charge is 0.274 e. The molecule has 0 bridgehead atoms. The van der Waals surface area contributed by atoms with Gasteiger partial charge in [-0.25, -0.2) is 9.97 Å². The summed E-state index contributed by atoms with van der Waals surface area (Å²) in [4.78, 5) is 23.2. The summed E-state index contributed by atoms with van der Waals surface area (Å²) < 4.78 is 0. The van der Waals surface area contributed by atoms with Crippen LogP contribution in [0, 0.1) is 11.3 Å². The maximum absolute atomic E-state index is 12.5. The van der Waals surface area contributed by atoms with E-state index in [4.69, 9.17) is 5.26 Å². The largest absolute Gasteiger partial charge is 0.372 e. The van der Waals surface area contributed by atoms with Crippen molar-refractivity contribution in [1.82, 2.24) is 9.97 Å². The van der Waals surface area contributed by atoms with Gasteiger partial charge in [0.25, 0.3) is 5.91 Å². The normalized spacial score (nSPS) is 10.1. The number of aromatic nitrogens is 2. The number of amides is 1. The lowest BCUT2D eigenvalue weighted by molar-refractivity contribution is 0.102. The van der Waals surface area contributed by atoms with Crippen molar-refractivity contribution in [1.29, 1.82) is 5.26 Å². The molecule has 7 heteroatoms. The number of nitriles is 1. The highest BCUT2D eigenvalue weighted by molar-refractivity contribution is 6.03. The Kier molecular flexibility index (Phi) is 6.38. The molecule has 0 aliphatic heterocycles. The Hall–Kier alpha value is -3.92. The summed E-state index contributed by atoms with van der Waals surface area (Å²) in [6, 6.07) is 18.3. The molecule has 1 aromatic heterocycles. The van der Waals surface area contributed by atoms with Gasteiger partial charge in [0.05, 0.1) is 11.6 Å². The summed E-state index contributed by atoms with van der Waals surface area (Å²) in [5.41, 5.74) is 3.22. The summed E-state index contributed by atoms with van der Waals surface area (Å²) in [7, 11) is 0. The number of nitrogens with one attached hydrogen (secondary N) is 2. The van der Waals surface area contributed by atoms with Gasteiger partial charge in [0, 0.05) is 36.3 Å². The predicted octanol–water partition coefficient (Wildman–Crippen LogP) is 4.19. The Labute approximate surface area is 170 Å². The second-order valence-electron chi connectivity index (χ2n) is 6.26. The van der Waals surface area contributed by atoms with E-state index in [1.807, 2.05) is 30.3 Å². The van der Waals surface area contributed by atoms with Gasteiger partial charge in [-0.3, -0.25) is 4.79 Å². The third kappa shape index (κ3) is 5.08. The molecular formula is C22H22N6O. The van der Waals surface area contributed by atoms with Crippen LogP contribution in [0.4, 0.5) is 23.0 Å². The van der Waals surface area contributed by atoms with Gasteiger partial charge in [0.15, 0.2) is 0 Å². The molecule has 0 fully saturated rings. The molecule has 146 valence electrons. The van der Waals surface area contributed by atoms with Gasteiger partial charge in [-0.15, -0.1) is 0 Å². The Bertz CT molecular complexity index is 1020. The summed E-state index contributed by atoms with van der Waals surface area (Å²) >= 11 is 0. The van der Waals surface area contributed by atoms with Gasteiger partial charge < -0.3 is 15.5 Å². The van der Waals surface area contributed by atoms with E-state index in [9.17, 15) is 4.79 Å². The molecule has 3 aromatic rings. The molecule has 0 atom stereocenters. The number of nitrogens with zero attached hydrogens (tertiary/aromatic N) is 4. The lowest BCUT2D eigenvalue weighted by atomic mass is 10.2. The minimum absolute atomic E-state index is 0.227. The van der Waals surface area contributed by atoms with E-state index < -0.39 is 0 Å². The van der Waals surface area contributed by atoms with Crippen LogP contribution >= 0.6 is 0 Å². The van der Waals surface area contributed by atoms with E-state index >= 15 is 0 Å². The number of anilines is 4. The maximum atomic E-state index is 12.5. The SMILES string of the molecule is CCN(CC)c1ccc(Nc2nccc(C(=O)Nc3cccc(C#N)c3)n2)cc1.